The van der Waals surface area contributed by atoms with Crippen molar-refractivity contribution in [3.8, 4) is 0 Å². The number of allylic oxidation sites excluding steroid dienone is 2. The van der Waals surface area contributed by atoms with Gasteiger partial charge in [-0.15, -0.1) is 0 Å². The summed E-state index contributed by atoms with van der Waals surface area (Å²) in [5.41, 5.74) is 1.07. The van der Waals surface area contributed by atoms with Gasteiger partial charge in [0.05, 0.1) is 17.0 Å². The zero-order valence-corrected chi connectivity index (χ0v) is 11.1. The van der Waals surface area contributed by atoms with Gasteiger partial charge in [-0.3, -0.25) is 4.79 Å². The largest absolute Gasteiger partial charge is 0.388 e. The molecule has 2 aliphatic carbocycles. The van der Waals surface area contributed by atoms with E-state index >= 15 is 0 Å². The standard InChI is InChI=1S/C14H12Cl2O2/c15-9-5-1-3-7-11(9)14(18)12-8(13(7)17)4-2-6-10(12)16/h1,3,5-6,8,12-13,17H,2,4H2/t8-,12?,13+/m0/s1. The lowest BCUT2D eigenvalue weighted by atomic mass is 9.69. The van der Waals surface area contributed by atoms with Crippen molar-refractivity contribution in [1.29, 1.82) is 0 Å². The third-order valence-electron chi connectivity index (χ3n) is 3.86. The molecule has 2 nitrogen and oxygen atoms in total. The van der Waals surface area contributed by atoms with Gasteiger partial charge in [-0.2, -0.15) is 0 Å². The predicted molar refractivity (Wildman–Crippen MR) is 70.9 cm³/mol. The van der Waals surface area contributed by atoms with E-state index in [2.05, 4.69) is 0 Å². The van der Waals surface area contributed by atoms with E-state index in [-0.39, 0.29) is 11.7 Å². The van der Waals surface area contributed by atoms with Crippen molar-refractivity contribution in [2.45, 2.75) is 18.9 Å². The van der Waals surface area contributed by atoms with Crippen LogP contribution in [0.2, 0.25) is 5.02 Å². The average Bonchev–Trinajstić information content (AvgIpc) is 2.35. The molecule has 0 heterocycles. The average molecular weight is 283 g/mol. The van der Waals surface area contributed by atoms with Gasteiger partial charge in [0.1, 0.15) is 0 Å². The smallest absolute Gasteiger partial charge is 0.173 e. The molecule has 0 fully saturated rings. The fraction of sp³-hybridized carbons (Fsp3) is 0.357. The molecule has 4 heteroatoms. The van der Waals surface area contributed by atoms with E-state index in [9.17, 15) is 9.90 Å². The third kappa shape index (κ3) is 1.63. The van der Waals surface area contributed by atoms with E-state index in [1.54, 1.807) is 18.2 Å². The summed E-state index contributed by atoms with van der Waals surface area (Å²) in [6, 6.07) is 5.20. The van der Waals surface area contributed by atoms with Gasteiger partial charge in [-0.05, 0) is 24.5 Å². The molecule has 3 atom stereocenters. The van der Waals surface area contributed by atoms with Crippen molar-refractivity contribution >= 4 is 29.0 Å². The number of benzene rings is 1. The highest BCUT2D eigenvalue weighted by molar-refractivity contribution is 6.36. The van der Waals surface area contributed by atoms with Crippen LogP contribution in [-0.2, 0) is 0 Å². The molecule has 0 aliphatic heterocycles. The van der Waals surface area contributed by atoms with Crippen LogP contribution in [0.1, 0.15) is 34.9 Å². The lowest BCUT2D eigenvalue weighted by molar-refractivity contribution is 0.0507. The van der Waals surface area contributed by atoms with Crippen LogP contribution in [0.15, 0.2) is 29.3 Å². The molecule has 18 heavy (non-hydrogen) atoms. The molecule has 3 rings (SSSR count). The van der Waals surface area contributed by atoms with E-state index in [1.165, 1.54) is 0 Å². The minimum atomic E-state index is -0.663. The zero-order valence-electron chi connectivity index (χ0n) is 9.57. The van der Waals surface area contributed by atoms with Gasteiger partial charge in [0.2, 0.25) is 0 Å². The van der Waals surface area contributed by atoms with Crippen LogP contribution in [0.25, 0.3) is 0 Å². The van der Waals surface area contributed by atoms with Crippen LogP contribution in [-0.4, -0.2) is 10.9 Å². The number of rotatable bonds is 0. The molecule has 2 aliphatic rings. The first-order valence-corrected chi connectivity index (χ1v) is 6.73. The van der Waals surface area contributed by atoms with E-state index < -0.39 is 12.0 Å². The number of hydrogen-bond acceptors (Lipinski definition) is 2. The maximum Gasteiger partial charge on any atom is 0.173 e. The summed E-state index contributed by atoms with van der Waals surface area (Å²) < 4.78 is 0. The molecule has 1 N–H and O–H groups in total. The number of carbonyl (C=O) groups is 1. The minimum absolute atomic E-state index is 0.0631. The Morgan fingerprint density at radius 3 is 2.83 bits per heavy atom. The van der Waals surface area contributed by atoms with Crippen molar-refractivity contribution in [2.75, 3.05) is 0 Å². The Kier molecular flexibility index (Phi) is 2.97. The van der Waals surface area contributed by atoms with Gasteiger partial charge in [0.15, 0.2) is 5.78 Å². The number of Topliss-reactive ketones (excluding diaryl/α,β-unsaturated/α-hetero) is 1. The van der Waals surface area contributed by atoms with Crippen LogP contribution >= 0.6 is 23.2 Å². The molecule has 94 valence electrons. The molecule has 1 aromatic rings. The van der Waals surface area contributed by atoms with E-state index in [0.717, 1.165) is 12.8 Å². The molecule has 1 aromatic carbocycles. The molecular formula is C14H12Cl2O2. The van der Waals surface area contributed by atoms with Gasteiger partial charge >= 0.3 is 0 Å². The van der Waals surface area contributed by atoms with Gasteiger partial charge in [-0.25, -0.2) is 0 Å². The van der Waals surface area contributed by atoms with E-state index in [0.29, 0.717) is 21.2 Å². The third-order valence-corrected chi connectivity index (χ3v) is 4.57. The SMILES string of the molecule is O=C1c2c(Cl)cccc2[C@@H](O)[C@H]2CCC=C(Cl)C12. The molecule has 0 saturated carbocycles. The van der Waals surface area contributed by atoms with Gasteiger partial charge < -0.3 is 5.11 Å². The Hall–Kier alpha value is -0.830. The van der Waals surface area contributed by atoms with Gasteiger partial charge in [0.25, 0.3) is 0 Å². The number of ketones is 1. The second-order valence-corrected chi connectivity index (χ2v) is 5.66. The quantitative estimate of drug-likeness (QED) is 0.788. The van der Waals surface area contributed by atoms with Crippen molar-refractivity contribution in [3.63, 3.8) is 0 Å². The highest BCUT2D eigenvalue weighted by Crippen LogP contribution is 2.48. The van der Waals surface area contributed by atoms with E-state index in [4.69, 9.17) is 23.2 Å². The van der Waals surface area contributed by atoms with Crippen molar-refractivity contribution < 1.29 is 9.90 Å². The number of carbonyl (C=O) groups excluding carboxylic acids is 1. The summed E-state index contributed by atoms with van der Waals surface area (Å²) in [7, 11) is 0. The highest BCUT2D eigenvalue weighted by Gasteiger charge is 2.44. The van der Waals surface area contributed by atoms with Crippen LogP contribution in [0.4, 0.5) is 0 Å². The maximum atomic E-state index is 12.5. The Bertz CT molecular complexity index is 551. The summed E-state index contributed by atoms with van der Waals surface area (Å²) in [5.74, 6) is -0.615. The summed E-state index contributed by atoms with van der Waals surface area (Å²) in [5, 5.41) is 11.4. The molecule has 0 spiro atoms. The van der Waals surface area contributed by atoms with Crippen LogP contribution < -0.4 is 0 Å². The predicted octanol–water partition coefficient (Wildman–Crippen LogP) is 3.72. The molecule has 0 bridgehead atoms. The summed E-state index contributed by atoms with van der Waals surface area (Å²) in [4.78, 5) is 12.5. The molecule has 0 saturated heterocycles. The molecule has 1 unspecified atom stereocenters. The number of fused-ring (bicyclic) bond motifs is 2. The van der Waals surface area contributed by atoms with Crippen molar-refractivity contribution in [1.82, 2.24) is 0 Å². The number of halogens is 2. The summed E-state index contributed by atoms with van der Waals surface area (Å²) in [6.07, 6.45) is 2.79. The topological polar surface area (TPSA) is 37.3 Å². The fourth-order valence-corrected chi connectivity index (χ4v) is 3.65. The summed E-state index contributed by atoms with van der Waals surface area (Å²) in [6.45, 7) is 0. The first-order valence-electron chi connectivity index (χ1n) is 5.97. The van der Waals surface area contributed by atoms with Gasteiger partial charge in [-0.1, -0.05) is 41.4 Å². The number of aliphatic hydroxyl groups excluding tert-OH is 1. The second kappa shape index (κ2) is 4.37. The molecule has 0 aromatic heterocycles. The minimum Gasteiger partial charge on any atom is -0.388 e. The van der Waals surface area contributed by atoms with Gasteiger partial charge in [0, 0.05) is 16.5 Å². The summed E-state index contributed by atoms with van der Waals surface area (Å²) >= 11 is 12.2. The lowest BCUT2D eigenvalue weighted by Gasteiger charge is -2.38. The maximum absolute atomic E-state index is 12.5. The number of aliphatic hydroxyl groups is 1. The van der Waals surface area contributed by atoms with Crippen LogP contribution in [0.3, 0.4) is 0 Å². The van der Waals surface area contributed by atoms with E-state index in [1.807, 2.05) is 6.08 Å². The normalized spacial score (nSPS) is 30.5. The zero-order chi connectivity index (χ0) is 12.9. The highest BCUT2D eigenvalue weighted by atomic mass is 35.5. The Morgan fingerprint density at radius 1 is 1.28 bits per heavy atom. The molecular weight excluding hydrogens is 271 g/mol. The first-order chi connectivity index (χ1) is 8.61. The Balaban J connectivity index is 2.20. The molecule has 0 amide bonds. The van der Waals surface area contributed by atoms with Crippen LogP contribution in [0.5, 0.6) is 0 Å². The second-order valence-electron chi connectivity index (χ2n) is 4.82. The Morgan fingerprint density at radius 2 is 2.06 bits per heavy atom. The van der Waals surface area contributed by atoms with Crippen molar-refractivity contribution in [3.05, 3.63) is 45.5 Å². The lowest BCUT2D eigenvalue weighted by Crippen LogP contribution is -2.37. The molecule has 0 radical (unpaired) electrons. The number of hydrogen-bond donors (Lipinski definition) is 1. The monoisotopic (exact) mass is 282 g/mol. The van der Waals surface area contributed by atoms with Crippen molar-refractivity contribution in [2.24, 2.45) is 11.8 Å². The fourth-order valence-electron chi connectivity index (χ4n) is 3.01. The first kappa shape index (κ1) is 12.2. The Labute approximate surface area is 115 Å². The van der Waals surface area contributed by atoms with Crippen LogP contribution in [0, 0.1) is 11.8 Å².